The van der Waals surface area contributed by atoms with E-state index in [1.165, 1.54) is 29.3 Å². The summed E-state index contributed by atoms with van der Waals surface area (Å²) in [7, 11) is 0. The first-order valence-corrected chi connectivity index (χ1v) is 14.1. The average molecular weight is 591 g/mol. The van der Waals surface area contributed by atoms with Gasteiger partial charge in [-0.1, -0.05) is 6.07 Å². The number of carbonyl (C=O) groups excluding carboxylic acids is 2. The molecule has 3 fully saturated rings. The van der Waals surface area contributed by atoms with Crippen LogP contribution in [0.15, 0.2) is 35.3 Å². The van der Waals surface area contributed by atoms with Gasteiger partial charge in [-0.2, -0.15) is 18.2 Å². The van der Waals surface area contributed by atoms with Crippen molar-refractivity contribution in [2.75, 3.05) is 57.7 Å². The van der Waals surface area contributed by atoms with E-state index in [2.05, 4.69) is 15.2 Å². The Hall–Kier alpha value is -3.49. The van der Waals surface area contributed by atoms with Crippen molar-refractivity contribution in [3.05, 3.63) is 52.1 Å². The fourth-order valence-corrected chi connectivity index (χ4v) is 6.12. The predicted octanol–water partition coefficient (Wildman–Crippen LogP) is 1.34. The van der Waals surface area contributed by atoms with Crippen molar-refractivity contribution >= 4 is 17.8 Å². The van der Waals surface area contributed by atoms with Crippen LogP contribution in [0.5, 0.6) is 0 Å². The molecule has 2 aromatic rings. The van der Waals surface area contributed by atoms with Crippen molar-refractivity contribution in [2.24, 2.45) is 29.2 Å². The first kappa shape index (κ1) is 30.0. The highest BCUT2D eigenvalue weighted by Gasteiger charge is 2.54. The Labute approximate surface area is 241 Å². The summed E-state index contributed by atoms with van der Waals surface area (Å²) in [6, 6.07) is 4.70. The third-order valence-electron chi connectivity index (χ3n) is 8.54. The molecule has 1 saturated carbocycles. The summed E-state index contributed by atoms with van der Waals surface area (Å²) in [5.41, 5.74) is 9.19. The molecule has 2 saturated heterocycles. The van der Waals surface area contributed by atoms with E-state index < -0.39 is 29.0 Å². The van der Waals surface area contributed by atoms with Crippen molar-refractivity contribution in [1.29, 1.82) is 0 Å². The zero-order valence-corrected chi connectivity index (χ0v) is 23.7. The molecule has 0 bridgehead atoms. The molecule has 42 heavy (non-hydrogen) atoms. The van der Waals surface area contributed by atoms with Gasteiger partial charge in [-0.05, 0) is 68.3 Å². The third-order valence-corrected chi connectivity index (χ3v) is 8.54. The number of rotatable bonds is 7. The Bertz CT molecular complexity index is 1390. The van der Waals surface area contributed by atoms with Gasteiger partial charge in [0.2, 0.25) is 5.91 Å². The number of nitrogens with two attached hydrogens (primary N) is 2. The fraction of sp³-hybridized carbons (Fsp3) is 0.571. The van der Waals surface area contributed by atoms with E-state index in [9.17, 15) is 27.6 Å². The zero-order valence-electron chi connectivity index (χ0n) is 23.7. The molecule has 1 aromatic heterocycles. The van der Waals surface area contributed by atoms with Gasteiger partial charge in [0, 0.05) is 52.0 Å². The number of alkyl halides is 3. The van der Waals surface area contributed by atoms with Gasteiger partial charge in [0.25, 0.3) is 0 Å². The van der Waals surface area contributed by atoms with Gasteiger partial charge in [-0.25, -0.2) is 9.59 Å². The number of benzene rings is 1. The Balaban J connectivity index is 1.22. The van der Waals surface area contributed by atoms with Crippen molar-refractivity contribution in [3.63, 3.8) is 0 Å². The summed E-state index contributed by atoms with van der Waals surface area (Å²) in [6.45, 7) is 7.34. The molecule has 11 nitrogen and oxygen atoms in total. The van der Waals surface area contributed by atoms with Gasteiger partial charge in [-0.15, -0.1) is 0 Å². The van der Waals surface area contributed by atoms with E-state index in [-0.39, 0.29) is 42.5 Å². The molecule has 1 aromatic carbocycles. The number of anilines is 1. The lowest BCUT2D eigenvalue weighted by atomic mass is 10.0. The maximum absolute atomic E-state index is 14.0. The number of piperidine rings is 1. The molecule has 0 radical (unpaired) electrons. The van der Waals surface area contributed by atoms with Gasteiger partial charge in [-0.3, -0.25) is 14.7 Å². The van der Waals surface area contributed by atoms with Crippen molar-refractivity contribution < 1.29 is 22.8 Å². The highest BCUT2D eigenvalue weighted by molar-refractivity contribution is 5.89. The van der Waals surface area contributed by atoms with Gasteiger partial charge in [0.05, 0.1) is 16.8 Å². The molecule has 5 rings (SSSR count). The smallest absolute Gasteiger partial charge is 0.338 e. The average Bonchev–Trinajstić information content (AvgIpc) is 3.41. The lowest BCUT2D eigenvalue weighted by Gasteiger charge is -2.37. The number of halogens is 3. The Kier molecular flexibility index (Phi) is 8.07. The number of aromatic nitrogens is 2. The Morgan fingerprint density at radius 2 is 1.69 bits per heavy atom. The maximum Gasteiger partial charge on any atom is 0.416 e. The van der Waals surface area contributed by atoms with E-state index in [0.29, 0.717) is 43.9 Å². The molecule has 2 atom stereocenters. The van der Waals surface area contributed by atoms with Gasteiger partial charge in [0.1, 0.15) is 5.82 Å². The fourth-order valence-electron chi connectivity index (χ4n) is 6.12. The number of carbonyl (C=O) groups is 2. The molecule has 1 aliphatic carbocycles. The van der Waals surface area contributed by atoms with Crippen LogP contribution in [0.1, 0.15) is 25.0 Å². The third kappa shape index (κ3) is 6.30. The van der Waals surface area contributed by atoms with Crippen LogP contribution in [-0.4, -0.2) is 94.1 Å². The predicted molar refractivity (Wildman–Crippen MR) is 150 cm³/mol. The number of fused-ring (bicyclic) bond motifs is 1. The molecule has 2 aliphatic heterocycles. The number of hydrogen-bond donors (Lipinski definition) is 3. The minimum atomic E-state index is -4.59. The first-order valence-electron chi connectivity index (χ1n) is 14.1. The highest BCUT2D eigenvalue weighted by atomic mass is 19.4. The van der Waals surface area contributed by atoms with Gasteiger partial charge >= 0.3 is 17.9 Å². The number of likely N-dealkylation sites (tertiary alicyclic amines) is 1. The molecule has 5 N–H and O–H groups in total. The van der Waals surface area contributed by atoms with Crippen molar-refractivity contribution in [3.8, 4) is 5.69 Å². The van der Waals surface area contributed by atoms with Crippen LogP contribution >= 0.6 is 0 Å². The summed E-state index contributed by atoms with van der Waals surface area (Å²) in [5, 5.41) is 2.55. The van der Waals surface area contributed by atoms with Gasteiger partial charge < -0.3 is 26.2 Å². The molecule has 3 amide bonds. The number of amides is 3. The summed E-state index contributed by atoms with van der Waals surface area (Å²) in [4.78, 5) is 47.0. The van der Waals surface area contributed by atoms with E-state index in [0.717, 1.165) is 23.7 Å². The molecule has 14 heteroatoms. The summed E-state index contributed by atoms with van der Waals surface area (Å²) in [5.74, 6) is 1.44. The van der Waals surface area contributed by atoms with Gasteiger partial charge in [0.15, 0.2) is 0 Å². The Morgan fingerprint density at radius 1 is 1.05 bits per heavy atom. The van der Waals surface area contributed by atoms with Crippen LogP contribution in [0.3, 0.4) is 0 Å². The standard InChI is InChI=1S/C28H37F3N8O3/c1-27(2,33)24(40)37-9-11-38(12-10-37)25(41)34-23-6-8-39(26(42)35-23)18-4-3-17(22(13-18)28(29,30)31)5-7-36-15-20-19(14-32)21(20)16-36/h3-4,6,8,13,19-21H,5,7,9-12,14-16,32-33H2,1-2H3,(H,34,35,41,42). The Morgan fingerprint density at radius 3 is 2.26 bits per heavy atom. The molecule has 2 unspecified atom stereocenters. The van der Waals surface area contributed by atoms with E-state index >= 15 is 0 Å². The number of nitrogens with one attached hydrogen (secondary N) is 1. The molecular weight excluding hydrogens is 553 g/mol. The van der Waals surface area contributed by atoms with Crippen LogP contribution in [-0.2, 0) is 17.4 Å². The molecular formula is C28H37F3N8O3. The van der Waals surface area contributed by atoms with Crippen LogP contribution < -0.4 is 22.5 Å². The second-order valence-corrected chi connectivity index (χ2v) is 12.0. The van der Waals surface area contributed by atoms with E-state index in [1.54, 1.807) is 18.7 Å². The monoisotopic (exact) mass is 590 g/mol. The maximum atomic E-state index is 14.0. The first-order chi connectivity index (χ1) is 19.8. The minimum absolute atomic E-state index is 0.0262. The molecule has 228 valence electrons. The SMILES string of the molecule is CC(C)(N)C(=O)N1CCN(C(=O)Nc2ccn(-c3ccc(CCN4CC5C(CN)C5C4)c(C(F)(F)F)c3)c(=O)n2)CC1. The van der Waals surface area contributed by atoms with E-state index in [4.69, 9.17) is 11.5 Å². The zero-order chi connectivity index (χ0) is 30.4. The van der Waals surface area contributed by atoms with Crippen molar-refractivity contribution in [2.45, 2.75) is 32.0 Å². The number of nitrogens with zero attached hydrogens (tertiary/aromatic N) is 5. The summed E-state index contributed by atoms with van der Waals surface area (Å²) < 4.78 is 43.0. The molecule has 0 spiro atoms. The van der Waals surface area contributed by atoms with Crippen molar-refractivity contribution in [1.82, 2.24) is 24.3 Å². The van der Waals surface area contributed by atoms with E-state index in [1.807, 2.05) is 0 Å². The lowest BCUT2D eigenvalue weighted by molar-refractivity contribution is -0.138. The summed E-state index contributed by atoms with van der Waals surface area (Å²) in [6.07, 6.45) is -3.07. The molecule has 3 heterocycles. The number of urea groups is 1. The number of hydrogen-bond acceptors (Lipinski definition) is 7. The normalized spacial score (nSPS) is 22.7. The second kappa shape index (κ2) is 11.3. The minimum Gasteiger partial charge on any atom is -0.338 e. The second-order valence-electron chi connectivity index (χ2n) is 12.0. The largest absolute Gasteiger partial charge is 0.416 e. The van der Waals surface area contributed by atoms with Crippen LogP contribution in [0.2, 0.25) is 0 Å². The highest BCUT2D eigenvalue weighted by Crippen LogP contribution is 2.50. The number of piperazine rings is 1. The van der Waals surface area contributed by atoms with Crippen LogP contribution in [0, 0.1) is 17.8 Å². The summed E-state index contributed by atoms with van der Waals surface area (Å²) >= 11 is 0. The topological polar surface area (TPSA) is 143 Å². The van der Waals surface area contributed by atoms with Crippen LogP contribution in [0.4, 0.5) is 23.8 Å². The quantitative estimate of drug-likeness (QED) is 0.442. The lowest BCUT2D eigenvalue weighted by Crippen LogP contribution is -2.58. The van der Waals surface area contributed by atoms with Crippen LogP contribution in [0.25, 0.3) is 5.69 Å². The molecule has 3 aliphatic rings.